The predicted octanol–water partition coefficient (Wildman–Crippen LogP) is 5.43. The lowest BCUT2D eigenvalue weighted by atomic mass is 10.1. The molecule has 5 rings (SSSR count). The van der Waals surface area contributed by atoms with Crippen LogP contribution in [0.4, 0.5) is 0 Å². The molecule has 2 aromatic heterocycles. The van der Waals surface area contributed by atoms with Crippen LogP contribution in [0.2, 0.25) is 0 Å². The van der Waals surface area contributed by atoms with E-state index in [2.05, 4.69) is 66.2 Å². The summed E-state index contributed by atoms with van der Waals surface area (Å²) in [5, 5.41) is 0. The number of aromatic nitrogens is 4. The maximum atomic E-state index is 5.93. The van der Waals surface area contributed by atoms with Crippen LogP contribution in [-0.2, 0) is 0 Å². The predicted molar refractivity (Wildman–Crippen MR) is 154 cm³/mol. The maximum absolute atomic E-state index is 5.93. The Bertz CT molecular complexity index is 1390. The molecular weight excluding hydrogens is 476 g/mol. The first-order valence-corrected chi connectivity index (χ1v) is 13.1. The van der Waals surface area contributed by atoms with Gasteiger partial charge >= 0.3 is 0 Å². The van der Waals surface area contributed by atoms with Crippen LogP contribution in [0.15, 0.2) is 60.7 Å². The molecule has 0 saturated carbocycles. The summed E-state index contributed by atoms with van der Waals surface area (Å²) in [5.41, 5.74) is 5.73. The lowest BCUT2D eigenvalue weighted by Gasteiger charge is -2.10. The molecule has 8 nitrogen and oxygen atoms in total. The van der Waals surface area contributed by atoms with E-state index in [1.165, 1.54) is 0 Å². The van der Waals surface area contributed by atoms with Gasteiger partial charge in [0, 0.05) is 36.3 Å². The largest absolute Gasteiger partial charge is 0.493 e. The fourth-order valence-electron chi connectivity index (χ4n) is 4.39. The first-order chi connectivity index (χ1) is 18.4. The van der Waals surface area contributed by atoms with Gasteiger partial charge < -0.3 is 29.2 Å². The second-order valence-corrected chi connectivity index (χ2v) is 10.1. The molecule has 2 N–H and O–H groups in total. The van der Waals surface area contributed by atoms with Gasteiger partial charge in [-0.15, -0.1) is 0 Å². The van der Waals surface area contributed by atoms with E-state index in [0.29, 0.717) is 13.2 Å². The van der Waals surface area contributed by atoms with Crippen LogP contribution in [0.1, 0.15) is 12.8 Å². The van der Waals surface area contributed by atoms with E-state index in [9.17, 15) is 0 Å². The minimum Gasteiger partial charge on any atom is -0.493 e. The van der Waals surface area contributed by atoms with Crippen LogP contribution in [0, 0.1) is 0 Å². The fraction of sp³-hybridized carbons (Fsp3) is 0.333. The lowest BCUT2D eigenvalue weighted by Crippen LogP contribution is -2.15. The van der Waals surface area contributed by atoms with Crippen LogP contribution < -0.4 is 9.47 Å². The summed E-state index contributed by atoms with van der Waals surface area (Å²) in [6.45, 7) is 3.39. The van der Waals surface area contributed by atoms with Gasteiger partial charge in [-0.25, -0.2) is 9.97 Å². The van der Waals surface area contributed by atoms with Crippen molar-refractivity contribution in [2.45, 2.75) is 12.8 Å². The lowest BCUT2D eigenvalue weighted by molar-refractivity contribution is 0.282. The molecule has 0 spiro atoms. The number of hydrogen-bond acceptors (Lipinski definition) is 6. The van der Waals surface area contributed by atoms with E-state index in [1.807, 2.05) is 42.5 Å². The highest BCUT2D eigenvalue weighted by atomic mass is 16.5. The summed E-state index contributed by atoms with van der Waals surface area (Å²) in [7, 11) is 8.28. The molecule has 0 aliphatic carbocycles. The maximum Gasteiger partial charge on any atom is 0.138 e. The number of fused-ring (bicyclic) bond motifs is 2. The molecule has 0 aliphatic heterocycles. The summed E-state index contributed by atoms with van der Waals surface area (Å²) in [5.74, 6) is 3.33. The van der Waals surface area contributed by atoms with E-state index in [0.717, 1.165) is 82.3 Å². The van der Waals surface area contributed by atoms with E-state index >= 15 is 0 Å². The molecule has 8 heteroatoms. The number of ether oxygens (including phenoxy) is 2. The Hall–Kier alpha value is -3.88. The molecule has 0 amide bonds. The topological polar surface area (TPSA) is 82.3 Å². The molecule has 38 heavy (non-hydrogen) atoms. The van der Waals surface area contributed by atoms with Crippen molar-refractivity contribution in [1.29, 1.82) is 0 Å². The normalized spacial score (nSPS) is 11.7. The van der Waals surface area contributed by atoms with Crippen molar-refractivity contribution in [3.05, 3.63) is 60.7 Å². The highest BCUT2D eigenvalue weighted by molar-refractivity contribution is 5.83. The molecule has 0 aliphatic rings. The smallest absolute Gasteiger partial charge is 0.138 e. The molecule has 2 heterocycles. The Labute approximate surface area is 223 Å². The van der Waals surface area contributed by atoms with Crippen molar-refractivity contribution in [3.63, 3.8) is 0 Å². The van der Waals surface area contributed by atoms with Gasteiger partial charge in [0.2, 0.25) is 0 Å². The molecule has 0 saturated heterocycles. The Morgan fingerprint density at radius 1 is 0.632 bits per heavy atom. The van der Waals surface area contributed by atoms with Crippen LogP contribution in [0.25, 0.3) is 44.8 Å². The van der Waals surface area contributed by atoms with Crippen molar-refractivity contribution in [2.75, 3.05) is 54.5 Å². The number of nitrogens with zero attached hydrogens (tertiary/aromatic N) is 4. The molecule has 0 fully saturated rings. The third kappa shape index (κ3) is 6.33. The van der Waals surface area contributed by atoms with Gasteiger partial charge in [-0.3, -0.25) is 0 Å². The van der Waals surface area contributed by atoms with Crippen molar-refractivity contribution in [1.82, 2.24) is 29.7 Å². The zero-order chi connectivity index (χ0) is 26.5. The highest BCUT2D eigenvalue weighted by Gasteiger charge is 2.11. The van der Waals surface area contributed by atoms with E-state index < -0.39 is 0 Å². The molecule has 0 bridgehead atoms. The number of imidazole rings is 2. The molecule has 198 valence electrons. The number of benzene rings is 3. The van der Waals surface area contributed by atoms with E-state index in [1.54, 1.807) is 0 Å². The highest BCUT2D eigenvalue weighted by Crippen LogP contribution is 2.29. The zero-order valence-electron chi connectivity index (χ0n) is 22.6. The third-order valence-corrected chi connectivity index (χ3v) is 6.35. The zero-order valence-corrected chi connectivity index (χ0v) is 22.6. The van der Waals surface area contributed by atoms with Crippen LogP contribution in [-0.4, -0.2) is 84.2 Å². The van der Waals surface area contributed by atoms with Crippen molar-refractivity contribution < 1.29 is 9.47 Å². The number of rotatable bonds is 12. The van der Waals surface area contributed by atoms with Gasteiger partial charge in [0.05, 0.1) is 35.3 Å². The average Bonchev–Trinajstić information content (AvgIpc) is 3.53. The fourth-order valence-corrected chi connectivity index (χ4v) is 4.39. The molecule has 0 atom stereocenters. The average molecular weight is 513 g/mol. The van der Waals surface area contributed by atoms with Gasteiger partial charge in [-0.05, 0) is 71.4 Å². The quantitative estimate of drug-likeness (QED) is 0.217. The third-order valence-electron chi connectivity index (χ3n) is 6.35. The minimum atomic E-state index is 0.689. The first kappa shape index (κ1) is 25.8. The van der Waals surface area contributed by atoms with E-state index in [4.69, 9.17) is 19.4 Å². The van der Waals surface area contributed by atoms with Crippen molar-refractivity contribution in [2.24, 2.45) is 0 Å². The summed E-state index contributed by atoms with van der Waals surface area (Å²) < 4.78 is 11.9. The summed E-state index contributed by atoms with van der Waals surface area (Å²) in [6, 6.07) is 20.2. The Balaban J connectivity index is 1.31. The van der Waals surface area contributed by atoms with Crippen LogP contribution >= 0.6 is 0 Å². The second-order valence-electron chi connectivity index (χ2n) is 10.1. The minimum absolute atomic E-state index is 0.689. The standard InChI is InChI=1S/C30H36N6O2/c1-35(2)14-6-16-37-23-10-12-25-27(19-23)33-29(31-25)21-8-5-9-22(18-21)30-32-26-13-11-24(20-28(26)34-30)38-17-7-15-36(3)4/h5,8-13,18-20H,6-7,14-17H2,1-4H3,(H,31,33)(H,32,34). The van der Waals surface area contributed by atoms with Gasteiger partial charge in [-0.2, -0.15) is 0 Å². The van der Waals surface area contributed by atoms with Gasteiger partial charge in [0.15, 0.2) is 0 Å². The molecule has 5 aromatic rings. The van der Waals surface area contributed by atoms with Crippen molar-refractivity contribution in [3.8, 4) is 34.3 Å². The number of hydrogen-bond donors (Lipinski definition) is 2. The summed E-state index contributed by atoms with van der Waals surface area (Å²) >= 11 is 0. The number of aromatic amines is 2. The Morgan fingerprint density at radius 2 is 1.11 bits per heavy atom. The molecular formula is C30H36N6O2. The summed E-state index contributed by atoms with van der Waals surface area (Å²) in [6.07, 6.45) is 1.97. The first-order valence-electron chi connectivity index (χ1n) is 13.1. The van der Waals surface area contributed by atoms with E-state index in [-0.39, 0.29) is 0 Å². The second kappa shape index (κ2) is 11.7. The van der Waals surface area contributed by atoms with Crippen molar-refractivity contribution >= 4 is 22.1 Å². The Morgan fingerprint density at radius 3 is 1.55 bits per heavy atom. The van der Waals surface area contributed by atoms with Crippen LogP contribution in [0.3, 0.4) is 0 Å². The number of nitrogens with one attached hydrogen (secondary N) is 2. The van der Waals surface area contributed by atoms with Gasteiger partial charge in [0.25, 0.3) is 0 Å². The SMILES string of the molecule is CN(C)CCCOc1ccc2nc(-c3cccc(-c4nc5ccc(OCCCN(C)C)cc5[nH]4)c3)[nH]c2c1. The Kier molecular flexibility index (Phi) is 7.91. The summed E-state index contributed by atoms with van der Waals surface area (Å²) in [4.78, 5) is 20.9. The molecule has 0 radical (unpaired) electrons. The molecule has 3 aromatic carbocycles. The van der Waals surface area contributed by atoms with Gasteiger partial charge in [0.1, 0.15) is 23.1 Å². The number of H-pyrrole nitrogens is 2. The van der Waals surface area contributed by atoms with Gasteiger partial charge in [-0.1, -0.05) is 18.2 Å². The molecule has 0 unspecified atom stereocenters. The monoisotopic (exact) mass is 512 g/mol. The van der Waals surface area contributed by atoms with Crippen LogP contribution in [0.5, 0.6) is 11.5 Å².